The van der Waals surface area contributed by atoms with Crippen molar-refractivity contribution in [3.63, 3.8) is 0 Å². The average Bonchev–Trinajstić information content (AvgIpc) is 2.76. The normalized spacial score (nSPS) is 27.4. The van der Waals surface area contributed by atoms with Crippen molar-refractivity contribution in [3.05, 3.63) is 0 Å². The van der Waals surface area contributed by atoms with Gasteiger partial charge in [0.15, 0.2) is 4.34 Å². The summed E-state index contributed by atoms with van der Waals surface area (Å²) in [5, 5.41) is 9.15. The van der Waals surface area contributed by atoms with Gasteiger partial charge in [-0.25, -0.2) is 0 Å². The Morgan fingerprint density at radius 1 is 1.33 bits per heavy atom. The zero-order valence-electron chi connectivity index (χ0n) is 10.1. The van der Waals surface area contributed by atoms with Crippen molar-refractivity contribution in [3.8, 4) is 0 Å². The van der Waals surface area contributed by atoms with Crippen molar-refractivity contribution in [1.29, 1.82) is 0 Å². The molecule has 0 saturated carbocycles. The molecule has 1 unspecified atom stereocenters. The van der Waals surface area contributed by atoms with E-state index in [1.54, 1.807) is 0 Å². The van der Waals surface area contributed by atoms with Crippen molar-refractivity contribution in [2.24, 2.45) is 0 Å². The first-order valence-electron chi connectivity index (χ1n) is 6.23. The lowest BCUT2D eigenvalue weighted by Gasteiger charge is -2.42. The number of hydrogen-bond acceptors (Lipinski definition) is 7. The fourth-order valence-corrected chi connectivity index (χ4v) is 6.00. The SMILES string of the molecule is Nc1nnc(SC2CCOC3(CCSCC3)C2)s1. The molecule has 3 heterocycles. The zero-order valence-corrected chi connectivity index (χ0v) is 12.6. The van der Waals surface area contributed by atoms with Crippen LogP contribution >= 0.6 is 34.9 Å². The predicted molar refractivity (Wildman–Crippen MR) is 78.4 cm³/mol. The van der Waals surface area contributed by atoms with Crippen LogP contribution < -0.4 is 5.73 Å². The Labute approximate surface area is 119 Å². The van der Waals surface area contributed by atoms with Crippen molar-refractivity contribution in [2.75, 3.05) is 23.8 Å². The van der Waals surface area contributed by atoms with Crippen molar-refractivity contribution in [2.45, 2.75) is 40.9 Å². The molecule has 0 aromatic carbocycles. The third kappa shape index (κ3) is 2.95. The number of nitrogens with zero attached hydrogens (tertiary/aromatic N) is 2. The Hall–Kier alpha value is 0.0200. The van der Waals surface area contributed by atoms with E-state index in [9.17, 15) is 0 Å². The molecule has 0 aliphatic carbocycles. The minimum Gasteiger partial charge on any atom is -0.375 e. The maximum absolute atomic E-state index is 6.10. The first-order chi connectivity index (χ1) is 8.76. The van der Waals surface area contributed by atoms with E-state index in [2.05, 4.69) is 10.2 Å². The number of rotatable bonds is 2. The zero-order chi connectivity index (χ0) is 12.4. The summed E-state index contributed by atoms with van der Waals surface area (Å²) in [7, 11) is 0. The molecular formula is C11H17N3OS3. The monoisotopic (exact) mass is 303 g/mol. The number of aromatic nitrogens is 2. The number of thioether (sulfide) groups is 2. The standard InChI is InChI=1S/C11H17N3OS3/c12-9-13-14-10(18-9)17-8-1-4-15-11(7-8)2-5-16-6-3-11/h8H,1-7H2,(H2,12,13). The molecule has 1 spiro atoms. The van der Waals surface area contributed by atoms with Crippen LogP contribution in [0.4, 0.5) is 5.13 Å². The average molecular weight is 303 g/mol. The second-order valence-electron chi connectivity index (χ2n) is 4.78. The smallest absolute Gasteiger partial charge is 0.203 e. The van der Waals surface area contributed by atoms with Crippen LogP contribution in [-0.2, 0) is 4.74 Å². The van der Waals surface area contributed by atoms with Gasteiger partial charge in [0.25, 0.3) is 0 Å². The van der Waals surface area contributed by atoms with Gasteiger partial charge in [0.05, 0.1) is 5.60 Å². The summed E-state index contributed by atoms with van der Waals surface area (Å²) in [5.41, 5.74) is 5.77. The van der Waals surface area contributed by atoms with E-state index in [-0.39, 0.29) is 5.60 Å². The predicted octanol–water partition coefficient (Wildman–Crippen LogP) is 2.66. The van der Waals surface area contributed by atoms with Gasteiger partial charge in [-0.3, -0.25) is 0 Å². The van der Waals surface area contributed by atoms with Crippen LogP contribution in [0.25, 0.3) is 0 Å². The third-order valence-electron chi connectivity index (χ3n) is 3.54. The first kappa shape index (κ1) is 13.0. The number of nitrogens with two attached hydrogens (primary N) is 1. The van der Waals surface area contributed by atoms with Crippen LogP contribution in [0.1, 0.15) is 25.7 Å². The van der Waals surface area contributed by atoms with E-state index in [1.165, 1.54) is 35.7 Å². The highest BCUT2D eigenvalue weighted by Crippen LogP contribution is 2.43. The molecule has 100 valence electrons. The number of ether oxygens (including phenoxy) is 1. The van der Waals surface area contributed by atoms with Crippen LogP contribution in [0, 0.1) is 0 Å². The fraction of sp³-hybridized carbons (Fsp3) is 0.818. The molecule has 0 amide bonds. The highest BCUT2D eigenvalue weighted by molar-refractivity contribution is 8.01. The lowest BCUT2D eigenvalue weighted by atomic mass is 9.88. The molecular weight excluding hydrogens is 286 g/mol. The Morgan fingerprint density at radius 2 is 2.17 bits per heavy atom. The van der Waals surface area contributed by atoms with Gasteiger partial charge in [-0.15, -0.1) is 10.2 Å². The van der Waals surface area contributed by atoms with Crippen LogP contribution in [0.5, 0.6) is 0 Å². The van der Waals surface area contributed by atoms with Gasteiger partial charge in [-0.1, -0.05) is 23.1 Å². The van der Waals surface area contributed by atoms with Gasteiger partial charge >= 0.3 is 0 Å². The molecule has 4 nitrogen and oxygen atoms in total. The van der Waals surface area contributed by atoms with Crippen molar-refractivity contribution < 1.29 is 4.74 Å². The molecule has 2 saturated heterocycles. The topological polar surface area (TPSA) is 61.0 Å². The highest BCUT2D eigenvalue weighted by Gasteiger charge is 2.39. The van der Waals surface area contributed by atoms with Crippen LogP contribution in [0.3, 0.4) is 0 Å². The van der Waals surface area contributed by atoms with E-state index >= 15 is 0 Å². The molecule has 3 rings (SSSR count). The Kier molecular flexibility index (Phi) is 4.03. The van der Waals surface area contributed by atoms with Gasteiger partial charge in [0.2, 0.25) is 5.13 Å². The summed E-state index contributed by atoms with van der Waals surface area (Å²) < 4.78 is 7.10. The second kappa shape index (κ2) is 5.56. The summed E-state index contributed by atoms with van der Waals surface area (Å²) >= 11 is 5.37. The minimum atomic E-state index is 0.150. The molecule has 1 aromatic heterocycles. The fourth-order valence-electron chi connectivity index (χ4n) is 2.59. The quantitative estimate of drug-likeness (QED) is 0.906. The van der Waals surface area contributed by atoms with E-state index < -0.39 is 0 Å². The van der Waals surface area contributed by atoms with E-state index in [0.29, 0.717) is 10.4 Å². The summed E-state index contributed by atoms with van der Waals surface area (Å²) in [6, 6.07) is 0. The summed E-state index contributed by atoms with van der Waals surface area (Å²) in [5.74, 6) is 2.48. The Balaban J connectivity index is 1.63. The van der Waals surface area contributed by atoms with Crippen molar-refractivity contribution in [1.82, 2.24) is 10.2 Å². The maximum atomic E-state index is 6.10. The lowest BCUT2D eigenvalue weighted by molar-refractivity contribution is -0.0804. The Morgan fingerprint density at radius 3 is 2.89 bits per heavy atom. The van der Waals surface area contributed by atoms with Gasteiger partial charge in [-0.2, -0.15) is 11.8 Å². The third-order valence-corrected chi connectivity index (χ3v) is 6.63. The van der Waals surface area contributed by atoms with Gasteiger partial charge < -0.3 is 10.5 Å². The molecule has 0 bridgehead atoms. The lowest BCUT2D eigenvalue weighted by Crippen LogP contribution is -2.43. The van der Waals surface area contributed by atoms with Crippen LogP contribution in [-0.4, -0.2) is 39.2 Å². The number of hydrogen-bond donors (Lipinski definition) is 1. The molecule has 2 aliphatic heterocycles. The number of nitrogen functional groups attached to an aromatic ring is 1. The van der Waals surface area contributed by atoms with Crippen LogP contribution in [0.2, 0.25) is 0 Å². The molecule has 2 N–H and O–H groups in total. The maximum Gasteiger partial charge on any atom is 0.203 e. The molecule has 1 aromatic rings. The highest BCUT2D eigenvalue weighted by atomic mass is 32.2. The van der Waals surface area contributed by atoms with Crippen LogP contribution in [0.15, 0.2) is 4.34 Å². The summed E-state index contributed by atoms with van der Waals surface area (Å²) in [6.45, 7) is 0.886. The number of anilines is 1. The molecule has 2 aliphatic rings. The Bertz CT molecular complexity index is 400. The molecule has 2 fully saturated rings. The molecule has 7 heteroatoms. The minimum absolute atomic E-state index is 0.150. The van der Waals surface area contributed by atoms with Crippen molar-refractivity contribution >= 4 is 40.0 Å². The van der Waals surface area contributed by atoms with E-state index in [0.717, 1.165) is 23.8 Å². The van der Waals surface area contributed by atoms with E-state index in [4.69, 9.17) is 10.5 Å². The molecule has 0 radical (unpaired) electrons. The van der Waals surface area contributed by atoms with E-state index in [1.807, 2.05) is 23.5 Å². The second-order valence-corrected chi connectivity index (χ2v) is 8.56. The molecule has 1 atom stereocenters. The largest absolute Gasteiger partial charge is 0.375 e. The first-order valence-corrected chi connectivity index (χ1v) is 9.08. The molecule has 18 heavy (non-hydrogen) atoms. The van der Waals surface area contributed by atoms with Gasteiger partial charge in [-0.05, 0) is 37.2 Å². The summed E-state index contributed by atoms with van der Waals surface area (Å²) in [6.07, 6.45) is 4.66. The van der Waals surface area contributed by atoms with Gasteiger partial charge in [0.1, 0.15) is 0 Å². The summed E-state index contributed by atoms with van der Waals surface area (Å²) in [4.78, 5) is 0. The van der Waals surface area contributed by atoms with Gasteiger partial charge in [0, 0.05) is 11.9 Å².